The van der Waals surface area contributed by atoms with Crippen LogP contribution in [0.1, 0.15) is 36.1 Å². The Morgan fingerprint density at radius 1 is 0.944 bits per heavy atom. The number of halogens is 1. The molecule has 0 aliphatic carbocycles. The van der Waals surface area contributed by atoms with Gasteiger partial charge in [0.1, 0.15) is 11.8 Å². The zero-order valence-corrected chi connectivity index (χ0v) is 22.2. The Labute approximate surface area is 219 Å². The van der Waals surface area contributed by atoms with Gasteiger partial charge in [-0.3, -0.25) is 9.59 Å². The average molecular weight is 507 g/mol. The van der Waals surface area contributed by atoms with E-state index in [1.807, 2.05) is 82.3 Å². The smallest absolute Gasteiger partial charge is 0.261 e. The van der Waals surface area contributed by atoms with Gasteiger partial charge in [-0.05, 0) is 60.2 Å². The number of carbonyl (C=O) groups is 2. The molecule has 0 aliphatic heterocycles. The molecule has 0 aromatic heterocycles. The quantitative estimate of drug-likeness (QED) is 0.360. The van der Waals surface area contributed by atoms with Crippen LogP contribution in [-0.2, 0) is 22.6 Å². The van der Waals surface area contributed by atoms with Gasteiger partial charge in [0, 0.05) is 24.5 Å². The van der Waals surface area contributed by atoms with Crippen LogP contribution in [0.15, 0.2) is 72.8 Å². The lowest BCUT2D eigenvalue weighted by Gasteiger charge is -2.32. The van der Waals surface area contributed by atoms with Crippen molar-refractivity contribution in [2.45, 2.75) is 46.7 Å². The Kier molecular flexibility index (Phi) is 9.95. The summed E-state index contributed by atoms with van der Waals surface area (Å²) in [6.07, 6.45) is 0.405. The molecule has 3 aromatic carbocycles. The number of benzene rings is 3. The Morgan fingerprint density at radius 2 is 1.64 bits per heavy atom. The minimum Gasteiger partial charge on any atom is -0.484 e. The summed E-state index contributed by atoms with van der Waals surface area (Å²) in [6, 6.07) is 22.3. The molecule has 5 nitrogen and oxygen atoms in total. The van der Waals surface area contributed by atoms with E-state index in [4.69, 9.17) is 16.3 Å². The first-order valence-electron chi connectivity index (χ1n) is 12.3. The number of nitrogens with one attached hydrogen (secondary N) is 1. The monoisotopic (exact) mass is 506 g/mol. The Hall–Kier alpha value is -3.31. The van der Waals surface area contributed by atoms with Crippen molar-refractivity contribution < 1.29 is 14.3 Å². The highest BCUT2D eigenvalue weighted by Gasteiger charge is 2.31. The number of carbonyl (C=O) groups excluding carboxylic acids is 2. The van der Waals surface area contributed by atoms with E-state index < -0.39 is 6.04 Å². The molecule has 3 rings (SSSR count). The van der Waals surface area contributed by atoms with Crippen LogP contribution in [0, 0.1) is 19.8 Å². The third-order valence-electron chi connectivity index (χ3n) is 6.05. The van der Waals surface area contributed by atoms with Gasteiger partial charge >= 0.3 is 0 Å². The van der Waals surface area contributed by atoms with Gasteiger partial charge in [0.05, 0.1) is 0 Å². The summed E-state index contributed by atoms with van der Waals surface area (Å²) < 4.78 is 5.85. The highest BCUT2D eigenvalue weighted by molar-refractivity contribution is 6.31. The van der Waals surface area contributed by atoms with Gasteiger partial charge in [-0.2, -0.15) is 0 Å². The summed E-state index contributed by atoms with van der Waals surface area (Å²) in [7, 11) is 0. The van der Waals surface area contributed by atoms with Crippen molar-refractivity contribution in [3.05, 3.63) is 100 Å². The summed E-state index contributed by atoms with van der Waals surface area (Å²) in [5, 5.41) is 3.68. The fourth-order valence-corrected chi connectivity index (χ4v) is 4.00. The molecule has 1 atom stereocenters. The summed E-state index contributed by atoms with van der Waals surface area (Å²) in [6.45, 7) is 8.65. The maximum atomic E-state index is 13.7. The fourth-order valence-electron chi connectivity index (χ4n) is 3.88. The summed E-state index contributed by atoms with van der Waals surface area (Å²) in [5.74, 6) is 0.427. The van der Waals surface area contributed by atoms with Crippen molar-refractivity contribution in [3.8, 4) is 5.75 Å². The van der Waals surface area contributed by atoms with Crippen LogP contribution in [-0.4, -0.2) is 35.9 Å². The third kappa shape index (κ3) is 7.85. The van der Waals surface area contributed by atoms with Crippen LogP contribution in [0.3, 0.4) is 0 Å². The molecule has 0 saturated carbocycles. The first-order valence-corrected chi connectivity index (χ1v) is 12.7. The topological polar surface area (TPSA) is 58.6 Å². The molecule has 3 aromatic rings. The van der Waals surface area contributed by atoms with E-state index in [2.05, 4.69) is 5.32 Å². The third-order valence-corrected chi connectivity index (χ3v) is 6.47. The number of ether oxygens (including phenoxy) is 1. The standard InChI is InChI=1S/C30H35ClN2O3/c1-21(2)18-32-30(35)28(17-24-11-6-5-7-12-24)33(19-25-13-9-8-10-22(25)3)29(34)20-36-26-14-15-27(31)23(4)16-26/h5-16,21,28H,17-20H2,1-4H3,(H,32,35)/t28-/m1/s1. The SMILES string of the molecule is Cc1cc(OCC(=O)N(Cc2ccccc2C)[C@H](Cc2ccccc2)C(=O)NCC(C)C)ccc1Cl. The number of aryl methyl sites for hydroxylation is 2. The molecular weight excluding hydrogens is 472 g/mol. The van der Waals surface area contributed by atoms with E-state index >= 15 is 0 Å². The van der Waals surface area contributed by atoms with E-state index in [0.29, 0.717) is 36.2 Å². The molecule has 0 heterocycles. The first-order chi connectivity index (χ1) is 17.2. The van der Waals surface area contributed by atoms with Crippen molar-refractivity contribution in [1.82, 2.24) is 10.2 Å². The summed E-state index contributed by atoms with van der Waals surface area (Å²) >= 11 is 6.13. The maximum Gasteiger partial charge on any atom is 0.261 e. The second-order valence-corrected chi connectivity index (χ2v) is 9.90. The molecular formula is C30H35ClN2O3. The van der Waals surface area contributed by atoms with Crippen LogP contribution < -0.4 is 10.1 Å². The second-order valence-electron chi connectivity index (χ2n) is 9.49. The molecule has 0 spiro atoms. The number of amides is 2. The van der Waals surface area contributed by atoms with Crippen molar-refractivity contribution in [2.24, 2.45) is 5.92 Å². The van der Waals surface area contributed by atoms with Gasteiger partial charge < -0.3 is 15.0 Å². The van der Waals surface area contributed by atoms with Crippen molar-refractivity contribution in [2.75, 3.05) is 13.2 Å². The van der Waals surface area contributed by atoms with Crippen molar-refractivity contribution in [3.63, 3.8) is 0 Å². The summed E-state index contributed by atoms with van der Waals surface area (Å²) in [5.41, 5.74) is 3.90. The molecule has 36 heavy (non-hydrogen) atoms. The zero-order chi connectivity index (χ0) is 26.1. The van der Waals surface area contributed by atoms with Gasteiger partial charge in [-0.25, -0.2) is 0 Å². The van der Waals surface area contributed by atoms with Gasteiger partial charge in [-0.1, -0.05) is 80.0 Å². The van der Waals surface area contributed by atoms with Gasteiger partial charge in [-0.15, -0.1) is 0 Å². The van der Waals surface area contributed by atoms with E-state index in [0.717, 1.165) is 22.3 Å². The predicted molar refractivity (Wildman–Crippen MR) is 145 cm³/mol. The molecule has 0 radical (unpaired) electrons. The molecule has 190 valence electrons. The molecule has 0 fully saturated rings. The zero-order valence-electron chi connectivity index (χ0n) is 21.5. The maximum absolute atomic E-state index is 13.7. The van der Waals surface area contributed by atoms with Crippen molar-refractivity contribution in [1.29, 1.82) is 0 Å². The van der Waals surface area contributed by atoms with Gasteiger partial charge in [0.15, 0.2) is 6.61 Å². The lowest BCUT2D eigenvalue weighted by atomic mass is 10.0. The van der Waals surface area contributed by atoms with Crippen molar-refractivity contribution >= 4 is 23.4 Å². The first kappa shape index (κ1) is 27.3. The molecule has 0 saturated heterocycles. The van der Waals surface area contributed by atoms with E-state index in [1.165, 1.54) is 0 Å². The molecule has 0 bridgehead atoms. The largest absolute Gasteiger partial charge is 0.484 e. The minimum absolute atomic E-state index is 0.170. The van der Waals surface area contributed by atoms with Crippen LogP contribution >= 0.6 is 11.6 Å². The van der Waals surface area contributed by atoms with Crippen LogP contribution in [0.4, 0.5) is 0 Å². The second kappa shape index (κ2) is 13.1. The van der Waals surface area contributed by atoms with E-state index in [1.54, 1.807) is 23.1 Å². The molecule has 0 unspecified atom stereocenters. The number of hydrogen-bond donors (Lipinski definition) is 1. The Bertz CT molecular complexity index is 1160. The summed E-state index contributed by atoms with van der Waals surface area (Å²) in [4.78, 5) is 28.8. The fraction of sp³-hybridized carbons (Fsp3) is 0.333. The Morgan fingerprint density at radius 3 is 2.31 bits per heavy atom. The Balaban J connectivity index is 1.91. The lowest BCUT2D eigenvalue weighted by molar-refractivity contribution is -0.142. The normalized spacial score (nSPS) is 11.7. The van der Waals surface area contributed by atoms with E-state index in [-0.39, 0.29) is 18.4 Å². The van der Waals surface area contributed by atoms with E-state index in [9.17, 15) is 9.59 Å². The highest BCUT2D eigenvalue weighted by atomic mass is 35.5. The van der Waals surface area contributed by atoms with Gasteiger partial charge in [0.2, 0.25) is 5.91 Å². The highest BCUT2D eigenvalue weighted by Crippen LogP contribution is 2.22. The molecule has 2 amide bonds. The van der Waals surface area contributed by atoms with Crippen LogP contribution in [0.25, 0.3) is 0 Å². The number of hydrogen-bond acceptors (Lipinski definition) is 3. The molecule has 6 heteroatoms. The van der Waals surface area contributed by atoms with Gasteiger partial charge in [0.25, 0.3) is 5.91 Å². The van der Waals surface area contributed by atoms with Crippen LogP contribution in [0.5, 0.6) is 5.75 Å². The molecule has 1 N–H and O–H groups in total. The molecule has 0 aliphatic rings. The number of rotatable bonds is 11. The minimum atomic E-state index is -0.686. The predicted octanol–water partition coefficient (Wildman–Crippen LogP) is 5.75. The van der Waals surface area contributed by atoms with Crippen LogP contribution in [0.2, 0.25) is 5.02 Å². The lowest BCUT2D eigenvalue weighted by Crippen LogP contribution is -2.52. The number of nitrogens with zero attached hydrogens (tertiary/aromatic N) is 1. The average Bonchev–Trinajstić information content (AvgIpc) is 2.86.